The number of hydrogen-bond donors (Lipinski definition) is 1. The smallest absolute Gasteiger partial charge is 0.111 e. The highest BCUT2D eigenvalue weighted by Crippen LogP contribution is 2.29. The highest BCUT2D eigenvalue weighted by molar-refractivity contribution is 7.11. The van der Waals surface area contributed by atoms with Crippen molar-refractivity contribution < 1.29 is 0 Å². The van der Waals surface area contributed by atoms with E-state index >= 15 is 0 Å². The molecule has 1 N–H and O–H groups in total. The first-order valence-corrected chi connectivity index (χ1v) is 8.01. The minimum atomic E-state index is 0.407. The number of nitrogens with zero attached hydrogens (tertiary/aromatic N) is 3. The molecule has 108 valence electrons. The Morgan fingerprint density at radius 3 is 3.00 bits per heavy atom. The molecule has 2 rings (SSSR count). The Labute approximate surface area is 120 Å². The molecule has 4 nitrogen and oxygen atoms in total. The summed E-state index contributed by atoms with van der Waals surface area (Å²) in [5.74, 6) is 0. The average Bonchev–Trinajstić information content (AvgIpc) is 2.79. The first-order chi connectivity index (χ1) is 9.11. The van der Waals surface area contributed by atoms with Crippen LogP contribution in [0.1, 0.15) is 42.2 Å². The quantitative estimate of drug-likeness (QED) is 0.916. The van der Waals surface area contributed by atoms with Crippen LogP contribution in [0.5, 0.6) is 0 Å². The maximum Gasteiger partial charge on any atom is 0.111 e. The molecule has 1 aromatic rings. The molecule has 2 heterocycles. The lowest BCUT2D eigenvalue weighted by Crippen LogP contribution is -2.30. The highest BCUT2D eigenvalue weighted by Gasteiger charge is 2.25. The van der Waals surface area contributed by atoms with E-state index in [1.165, 1.54) is 22.9 Å². The number of nitrogens with one attached hydrogen (secondary N) is 1. The molecule has 1 aromatic heterocycles. The van der Waals surface area contributed by atoms with E-state index in [2.05, 4.69) is 48.0 Å². The van der Waals surface area contributed by atoms with Crippen LogP contribution in [-0.2, 0) is 0 Å². The zero-order valence-corrected chi connectivity index (χ0v) is 13.3. The van der Waals surface area contributed by atoms with Crippen molar-refractivity contribution in [2.24, 2.45) is 0 Å². The summed E-state index contributed by atoms with van der Waals surface area (Å²) in [7, 11) is 4.43. The van der Waals surface area contributed by atoms with Gasteiger partial charge in [-0.15, -0.1) is 11.3 Å². The maximum atomic E-state index is 4.68. The number of rotatable bonds is 4. The summed E-state index contributed by atoms with van der Waals surface area (Å²) in [4.78, 5) is 10.9. The second-order valence-electron chi connectivity index (χ2n) is 5.49. The van der Waals surface area contributed by atoms with Gasteiger partial charge in [0.1, 0.15) is 5.01 Å². The summed E-state index contributed by atoms with van der Waals surface area (Å²) in [5.41, 5.74) is 0. The van der Waals surface area contributed by atoms with Crippen molar-refractivity contribution in [1.82, 2.24) is 20.1 Å². The van der Waals surface area contributed by atoms with Gasteiger partial charge in [-0.1, -0.05) is 6.92 Å². The Bertz CT molecular complexity index is 393. The van der Waals surface area contributed by atoms with Crippen LogP contribution in [0.3, 0.4) is 0 Å². The Balaban J connectivity index is 2.11. The first-order valence-electron chi connectivity index (χ1n) is 7.19. The second kappa shape index (κ2) is 6.79. The molecule has 0 spiro atoms. The fourth-order valence-electron chi connectivity index (χ4n) is 2.60. The van der Waals surface area contributed by atoms with Gasteiger partial charge in [-0.3, -0.25) is 4.90 Å². The van der Waals surface area contributed by atoms with Gasteiger partial charge in [0.2, 0.25) is 0 Å². The predicted molar refractivity (Wildman–Crippen MR) is 81.7 cm³/mol. The zero-order valence-electron chi connectivity index (χ0n) is 12.5. The normalized spacial score (nSPS) is 24.3. The van der Waals surface area contributed by atoms with Crippen LogP contribution in [0.4, 0.5) is 0 Å². The van der Waals surface area contributed by atoms with Gasteiger partial charge >= 0.3 is 0 Å². The van der Waals surface area contributed by atoms with E-state index in [0.717, 1.165) is 19.6 Å². The molecule has 2 atom stereocenters. The number of thiazole rings is 1. The summed E-state index contributed by atoms with van der Waals surface area (Å²) < 4.78 is 0. The predicted octanol–water partition coefficient (Wildman–Crippen LogP) is 2.12. The van der Waals surface area contributed by atoms with Gasteiger partial charge in [-0.2, -0.15) is 0 Å². The monoisotopic (exact) mass is 282 g/mol. The van der Waals surface area contributed by atoms with Crippen LogP contribution in [-0.4, -0.2) is 55.1 Å². The van der Waals surface area contributed by atoms with Crippen molar-refractivity contribution >= 4 is 11.3 Å². The molecule has 19 heavy (non-hydrogen) atoms. The van der Waals surface area contributed by atoms with E-state index < -0.39 is 0 Å². The van der Waals surface area contributed by atoms with Crippen molar-refractivity contribution in [2.45, 2.75) is 32.4 Å². The molecule has 0 amide bonds. The van der Waals surface area contributed by atoms with Gasteiger partial charge in [0.15, 0.2) is 0 Å². The van der Waals surface area contributed by atoms with E-state index in [4.69, 9.17) is 0 Å². The molecular formula is C14H26N4S. The van der Waals surface area contributed by atoms with Crippen LogP contribution in [0, 0.1) is 0 Å². The molecule has 2 unspecified atom stereocenters. The molecule has 0 aromatic carbocycles. The highest BCUT2D eigenvalue weighted by atomic mass is 32.1. The molecule has 5 heteroatoms. The molecule has 1 aliphatic rings. The standard InChI is InChI=1S/C14H26N4S/c1-5-15-11(2)13-9-16-14(19-13)12-10-17(3)7-6-8-18(12)4/h9,11-12,15H,5-8,10H2,1-4H3. The van der Waals surface area contributed by atoms with Gasteiger partial charge in [-0.05, 0) is 47.1 Å². The molecule has 0 aliphatic carbocycles. The SMILES string of the molecule is CCNC(C)c1cnc(C2CN(C)CCCN2C)s1. The van der Waals surface area contributed by atoms with E-state index in [-0.39, 0.29) is 0 Å². The van der Waals surface area contributed by atoms with Crippen molar-refractivity contribution in [3.05, 3.63) is 16.1 Å². The maximum absolute atomic E-state index is 4.68. The summed E-state index contributed by atoms with van der Waals surface area (Å²) >= 11 is 1.86. The van der Waals surface area contributed by atoms with E-state index in [9.17, 15) is 0 Å². The van der Waals surface area contributed by atoms with Gasteiger partial charge < -0.3 is 10.2 Å². The molecule has 0 bridgehead atoms. The second-order valence-corrected chi connectivity index (χ2v) is 6.59. The Kier molecular flexibility index (Phi) is 5.33. The van der Waals surface area contributed by atoms with Gasteiger partial charge in [0.05, 0.1) is 6.04 Å². The Morgan fingerprint density at radius 1 is 1.47 bits per heavy atom. The average molecular weight is 282 g/mol. The lowest BCUT2D eigenvalue weighted by molar-refractivity contribution is 0.228. The van der Waals surface area contributed by atoms with Crippen LogP contribution in [0.2, 0.25) is 0 Å². The van der Waals surface area contributed by atoms with Crippen molar-refractivity contribution in [2.75, 3.05) is 40.3 Å². The Hall–Kier alpha value is -0.490. The summed E-state index contributed by atoms with van der Waals surface area (Å²) in [6.07, 6.45) is 3.29. The molecular weight excluding hydrogens is 256 g/mol. The topological polar surface area (TPSA) is 31.4 Å². The number of aromatic nitrogens is 1. The summed E-state index contributed by atoms with van der Waals surface area (Å²) in [5, 5.41) is 4.72. The molecule has 1 aliphatic heterocycles. The third-order valence-electron chi connectivity index (χ3n) is 3.83. The van der Waals surface area contributed by atoms with Crippen molar-refractivity contribution in [1.29, 1.82) is 0 Å². The Morgan fingerprint density at radius 2 is 2.26 bits per heavy atom. The summed E-state index contributed by atoms with van der Waals surface area (Å²) in [6, 6.07) is 0.852. The van der Waals surface area contributed by atoms with Gasteiger partial charge in [-0.25, -0.2) is 4.98 Å². The van der Waals surface area contributed by atoms with Crippen LogP contribution >= 0.6 is 11.3 Å². The largest absolute Gasteiger partial charge is 0.310 e. The molecule has 0 saturated carbocycles. The van der Waals surface area contributed by atoms with Crippen molar-refractivity contribution in [3.63, 3.8) is 0 Å². The van der Waals surface area contributed by atoms with Gasteiger partial charge in [0.25, 0.3) is 0 Å². The lowest BCUT2D eigenvalue weighted by Gasteiger charge is -2.25. The zero-order chi connectivity index (χ0) is 13.8. The van der Waals surface area contributed by atoms with Crippen LogP contribution in [0.25, 0.3) is 0 Å². The molecule has 1 fully saturated rings. The summed E-state index contributed by atoms with van der Waals surface area (Å²) in [6.45, 7) is 8.79. The minimum absolute atomic E-state index is 0.407. The number of likely N-dealkylation sites (N-methyl/N-ethyl adjacent to an activating group) is 2. The van der Waals surface area contributed by atoms with Crippen LogP contribution in [0.15, 0.2) is 6.20 Å². The fourth-order valence-corrected chi connectivity index (χ4v) is 3.70. The molecule has 0 radical (unpaired) electrons. The lowest BCUT2D eigenvalue weighted by atomic mass is 10.2. The van der Waals surface area contributed by atoms with Crippen molar-refractivity contribution in [3.8, 4) is 0 Å². The number of hydrogen-bond acceptors (Lipinski definition) is 5. The van der Waals surface area contributed by atoms with Gasteiger partial charge in [0, 0.05) is 23.7 Å². The molecule has 1 saturated heterocycles. The third kappa shape index (κ3) is 3.75. The third-order valence-corrected chi connectivity index (χ3v) is 5.11. The first kappa shape index (κ1) is 14.9. The van der Waals surface area contributed by atoms with Crippen LogP contribution < -0.4 is 5.32 Å². The minimum Gasteiger partial charge on any atom is -0.310 e. The van der Waals surface area contributed by atoms with E-state index in [0.29, 0.717) is 12.1 Å². The fraction of sp³-hybridized carbons (Fsp3) is 0.786. The van der Waals surface area contributed by atoms with E-state index in [1.807, 2.05) is 17.5 Å². The van der Waals surface area contributed by atoms with E-state index in [1.54, 1.807) is 0 Å².